The quantitative estimate of drug-likeness (QED) is 0.856. The molecular formula is C16H25NO. The second-order valence-electron chi connectivity index (χ2n) is 5.68. The van der Waals surface area contributed by atoms with Crippen LogP contribution >= 0.6 is 0 Å². The zero-order valence-electron chi connectivity index (χ0n) is 11.5. The Kier molecular flexibility index (Phi) is 4.79. The van der Waals surface area contributed by atoms with Gasteiger partial charge in [0.1, 0.15) is 0 Å². The van der Waals surface area contributed by atoms with Crippen LogP contribution in [-0.4, -0.2) is 17.2 Å². The number of aliphatic hydroxyl groups is 1. The first kappa shape index (κ1) is 13.6. The summed E-state index contributed by atoms with van der Waals surface area (Å²) >= 11 is 0. The molecule has 18 heavy (non-hydrogen) atoms. The second kappa shape index (κ2) is 6.35. The zero-order valence-corrected chi connectivity index (χ0v) is 11.5. The predicted molar refractivity (Wildman–Crippen MR) is 75.4 cm³/mol. The number of hydrogen-bond acceptors (Lipinski definition) is 2. The van der Waals surface area contributed by atoms with Crippen molar-refractivity contribution < 1.29 is 5.11 Å². The average molecular weight is 247 g/mol. The van der Waals surface area contributed by atoms with E-state index in [2.05, 4.69) is 19.2 Å². The van der Waals surface area contributed by atoms with Gasteiger partial charge in [-0.05, 0) is 31.2 Å². The maximum Gasteiger partial charge on any atom is 0.0940 e. The van der Waals surface area contributed by atoms with Crippen molar-refractivity contribution in [2.45, 2.75) is 57.7 Å². The van der Waals surface area contributed by atoms with E-state index in [1.807, 2.05) is 30.3 Å². The fraction of sp³-hybridized carbons (Fsp3) is 0.625. The molecule has 0 aromatic heterocycles. The standard InChI is InChI=1S/C16H25NO/c1-12-8-6-7-11-15(12)17-13(2)16(18)14-9-4-3-5-10-14/h3-5,9-10,12-13,15-18H,6-8,11H2,1-2H3. The van der Waals surface area contributed by atoms with Gasteiger partial charge >= 0.3 is 0 Å². The van der Waals surface area contributed by atoms with Crippen molar-refractivity contribution >= 4 is 0 Å². The fourth-order valence-corrected chi connectivity index (χ4v) is 2.93. The van der Waals surface area contributed by atoms with Gasteiger partial charge in [-0.3, -0.25) is 0 Å². The third kappa shape index (κ3) is 3.33. The highest BCUT2D eigenvalue weighted by molar-refractivity contribution is 5.18. The third-order valence-corrected chi connectivity index (χ3v) is 4.20. The first-order valence-corrected chi connectivity index (χ1v) is 7.17. The van der Waals surface area contributed by atoms with Crippen molar-refractivity contribution in [2.24, 2.45) is 5.92 Å². The van der Waals surface area contributed by atoms with Crippen molar-refractivity contribution in [3.63, 3.8) is 0 Å². The van der Waals surface area contributed by atoms with Gasteiger partial charge in [-0.15, -0.1) is 0 Å². The molecule has 2 rings (SSSR count). The van der Waals surface area contributed by atoms with Crippen molar-refractivity contribution in [1.29, 1.82) is 0 Å². The molecule has 4 unspecified atom stereocenters. The Morgan fingerprint density at radius 2 is 1.83 bits per heavy atom. The Labute approximate surface area is 110 Å². The molecule has 1 aromatic rings. The predicted octanol–water partition coefficient (Wildman–Crippen LogP) is 3.28. The lowest BCUT2D eigenvalue weighted by molar-refractivity contribution is 0.117. The van der Waals surface area contributed by atoms with E-state index in [-0.39, 0.29) is 6.04 Å². The van der Waals surface area contributed by atoms with Crippen LogP contribution in [0, 0.1) is 5.92 Å². The van der Waals surface area contributed by atoms with E-state index in [0.717, 1.165) is 11.5 Å². The molecule has 4 atom stereocenters. The molecule has 2 heteroatoms. The first-order valence-electron chi connectivity index (χ1n) is 7.17. The minimum atomic E-state index is -0.416. The van der Waals surface area contributed by atoms with Gasteiger partial charge in [0.2, 0.25) is 0 Å². The molecule has 0 amide bonds. The molecule has 2 nitrogen and oxygen atoms in total. The van der Waals surface area contributed by atoms with Crippen LogP contribution in [0.2, 0.25) is 0 Å². The number of nitrogens with one attached hydrogen (secondary N) is 1. The SMILES string of the molecule is CC1CCCCC1NC(C)C(O)c1ccccc1. The van der Waals surface area contributed by atoms with E-state index in [1.54, 1.807) is 0 Å². The number of hydrogen-bond donors (Lipinski definition) is 2. The van der Waals surface area contributed by atoms with Crippen molar-refractivity contribution in [3.8, 4) is 0 Å². The van der Waals surface area contributed by atoms with Gasteiger partial charge in [0, 0.05) is 12.1 Å². The summed E-state index contributed by atoms with van der Waals surface area (Å²) in [5, 5.41) is 14.0. The van der Waals surface area contributed by atoms with E-state index < -0.39 is 6.10 Å². The second-order valence-corrected chi connectivity index (χ2v) is 5.68. The van der Waals surface area contributed by atoms with Gasteiger partial charge in [-0.2, -0.15) is 0 Å². The molecule has 100 valence electrons. The summed E-state index contributed by atoms with van der Waals surface area (Å²) in [5.41, 5.74) is 1.00. The molecule has 1 aromatic carbocycles. The molecule has 2 N–H and O–H groups in total. The highest BCUT2D eigenvalue weighted by atomic mass is 16.3. The lowest BCUT2D eigenvalue weighted by Crippen LogP contribution is -2.44. The largest absolute Gasteiger partial charge is 0.387 e. The molecule has 0 bridgehead atoms. The normalized spacial score (nSPS) is 27.7. The summed E-state index contributed by atoms with van der Waals surface area (Å²) in [6.07, 6.45) is 4.81. The van der Waals surface area contributed by atoms with E-state index in [1.165, 1.54) is 25.7 Å². The zero-order chi connectivity index (χ0) is 13.0. The Hall–Kier alpha value is -0.860. The molecule has 0 aliphatic heterocycles. The summed E-state index contributed by atoms with van der Waals surface area (Å²) < 4.78 is 0. The number of aliphatic hydroxyl groups excluding tert-OH is 1. The molecule has 1 aliphatic rings. The van der Waals surface area contributed by atoms with E-state index in [9.17, 15) is 5.11 Å². The molecule has 1 fully saturated rings. The molecule has 0 heterocycles. The maximum atomic E-state index is 10.3. The minimum Gasteiger partial charge on any atom is -0.387 e. The Morgan fingerprint density at radius 3 is 2.50 bits per heavy atom. The van der Waals surface area contributed by atoms with Crippen LogP contribution < -0.4 is 5.32 Å². The van der Waals surface area contributed by atoms with E-state index >= 15 is 0 Å². The number of benzene rings is 1. The highest BCUT2D eigenvalue weighted by Crippen LogP contribution is 2.25. The van der Waals surface area contributed by atoms with Gasteiger partial charge in [-0.1, -0.05) is 50.1 Å². The number of rotatable bonds is 4. The summed E-state index contributed by atoms with van der Waals surface area (Å²) in [7, 11) is 0. The summed E-state index contributed by atoms with van der Waals surface area (Å²) in [6, 6.07) is 10.6. The van der Waals surface area contributed by atoms with Crippen LogP contribution in [0.25, 0.3) is 0 Å². The van der Waals surface area contributed by atoms with Gasteiger partial charge in [-0.25, -0.2) is 0 Å². The van der Waals surface area contributed by atoms with Gasteiger partial charge in [0.05, 0.1) is 6.10 Å². The molecule has 0 spiro atoms. The van der Waals surface area contributed by atoms with Crippen LogP contribution in [-0.2, 0) is 0 Å². The van der Waals surface area contributed by atoms with Crippen molar-refractivity contribution in [3.05, 3.63) is 35.9 Å². The lowest BCUT2D eigenvalue weighted by atomic mass is 9.85. The Morgan fingerprint density at radius 1 is 1.17 bits per heavy atom. The fourth-order valence-electron chi connectivity index (χ4n) is 2.93. The topological polar surface area (TPSA) is 32.3 Å². The lowest BCUT2D eigenvalue weighted by Gasteiger charge is -2.33. The molecule has 1 saturated carbocycles. The van der Waals surface area contributed by atoms with E-state index in [0.29, 0.717) is 6.04 Å². The van der Waals surface area contributed by atoms with E-state index in [4.69, 9.17) is 0 Å². The van der Waals surface area contributed by atoms with Crippen LogP contribution in [0.1, 0.15) is 51.2 Å². The van der Waals surface area contributed by atoms with Gasteiger partial charge in [0.25, 0.3) is 0 Å². The summed E-state index contributed by atoms with van der Waals surface area (Å²) in [4.78, 5) is 0. The monoisotopic (exact) mass is 247 g/mol. The van der Waals surface area contributed by atoms with Crippen molar-refractivity contribution in [1.82, 2.24) is 5.32 Å². The van der Waals surface area contributed by atoms with Crippen LogP contribution in [0.15, 0.2) is 30.3 Å². The Bertz CT molecular complexity index is 351. The van der Waals surface area contributed by atoms with Gasteiger partial charge in [0.15, 0.2) is 0 Å². The van der Waals surface area contributed by atoms with Crippen molar-refractivity contribution in [2.75, 3.05) is 0 Å². The average Bonchev–Trinajstić information content (AvgIpc) is 2.41. The molecule has 0 radical (unpaired) electrons. The van der Waals surface area contributed by atoms with Crippen LogP contribution in [0.5, 0.6) is 0 Å². The van der Waals surface area contributed by atoms with Gasteiger partial charge < -0.3 is 10.4 Å². The summed E-state index contributed by atoms with van der Waals surface area (Å²) in [6.45, 7) is 4.40. The first-order chi connectivity index (χ1) is 8.68. The molecular weight excluding hydrogens is 222 g/mol. The minimum absolute atomic E-state index is 0.109. The smallest absolute Gasteiger partial charge is 0.0940 e. The molecule has 0 saturated heterocycles. The summed E-state index contributed by atoms with van der Waals surface area (Å²) in [5.74, 6) is 0.726. The molecule has 1 aliphatic carbocycles. The highest BCUT2D eigenvalue weighted by Gasteiger charge is 2.25. The third-order valence-electron chi connectivity index (χ3n) is 4.20. The Balaban J connectivity index is 1.93. The maximum absolute atomic E-state index is 10.3. The van der Waals surface area contributed by atoms with Crippen LogP contribution in [0.3, 0.4) is 0 Å². The van der Waals surface area contributed by atoms with Crippen LogP contribution in [0.4, 0.5) is 0 Å².